The van der Waals surface area contributed by atoms with E-state index < -0.39 is 0 Å². The highest BCUT2D eigenvalue weighted by Crippen LogP contribution is 2.20. The van der Waals surface area contributed by atoms with Crippen molar-refractivity contribution in [3.8, 4) is 6.07 Å². The molecule has 0 radical (unpaired) electrons. The van der Waals surface area contributed by atoms with E-state index in [4.69, 9.17) is 5.26 Å². The molecule has 4 heteroatoms. The number of nitriles is 1. The lowest BCUT2D eigenvalue weighted by Crippen LogP contribution is -2.51. The fraction of sp³-hybridized carbons (Fsp3) is 0.300. The van der Waals surface area contributed by atoms with Crippen LogP contribution in [0.2, 0.25) is 0 Å². The summed E-state index contributed by atoms with van der Waals surface area (Å²) in [7, 11) is 0. The van der Waals surface area contributed by atoms with Gasteiger partial charge in [-0.1, -0.05) is 15.9 Å². The van der Waals surface area contributed by atoms with Gasteiger partial charge in [-0.3, -0.25) is 0 Å². The second-order valence-electron chi connectivity index (χ2n) is 3.34. The standard InChI is InChI=1S/C10H10BrN3/c11-8-1-7(4-12)2-9(3-8)14-10-5-13-6-10/h1-3,10,13-14H,5-6H2. The topological polar surface area (TPSA) is 47.9 Å². The van der Waals surface area contributed by atoms with Crippen LogP contribution in [0.4, 0.5) is 5.69 Å². The van der Waals surface area contributed by atoms with Crippen molar-refractivity contribution in [1.29, 1.82) is 5.26 Å². The first kappa shape index (κ1) is 9.50. The summed E-state index contributed by atoms with van der Waals surface area (Å²) < 4.78 is 0.936. The van der Waals surface area contributed by atoms with Gasteiger partial charge in [0.2, 0.25) is 0 Å². The minimum Gasteiger partial charge on any atom is -0.380 e. The van der Waals surface area contributed by atoms with Crippen molar-refractivity contribution in [1.82, 2.24) is 5.32 Å². The van der Waals surface area contributed by atoms with Gasteiger partial charge < -0.3 is 10.6 Å². The molecule has 1 aliphatic heterocycles. The molecule has 0 amide bonds. The monoisotopic (exact) mass is 251 g/mol. The first-order valence-electron chi connectivity index (χ1n) is 4.46. The maximum absolute atomic E-state index is 8.78. The normalized spacial score (nSPS) is 15.7. The van der Waals surface area contributed by atoms with Gasteiger partial charge in [0, 0.05) is 23.2 Å². The Bertz CT molecular complexity index is 379. The predicted molar refractivity (Wildman–Crippen MR) is 59.1 cm³/mol. The number of anilines is 1. The molecule has 0 unspecified atom stereocenters. The fourth-order valence-electron chi connectivity index (χ4n) is 1.36. The largest absolute Gasteiger partial charge is 0.380 e. The summed E-state index contributed by atoms with van der Waals surface area (Å²) in [6.07, 6.45) is 0. The summed E-state index contributed by atoms with van der Waals surface area (Å²) in [5.74, 6) is 0. The molecule has 0 bridgehead atoms. The molecule has 3 nitrogen and oxygen atoms in total. The SMILES string of the molecule is N#Cc1cc(Br)cc(NC2CNC2)c1. The minimum atomic E-state index is 0.496. The van der Waals surface area contributed by atoms with Crippen LogP contribution in [-0.2, 0) is 0 Å². The highest BCUT2D eigenvalue weighted by molar-refractivity contribution is 9.10. The van der Waals surface area contributed by atoms with Gasteiger partial charge in [0.05, 0.1) is 17.7 Å². The average molecular weight is 252 g/mol. The van der Waals surface area contributed by atoms with E-state index in [2.05, 4.69) is 32.6 Å². The molecular weight excluding hydrogens is 242 g/mol. The zero-order chi connectivity index (χ0) is 9.97. The number of benzene rings is 1. The zero-order valence-corrected chi connectivity index (χ0v) is 9.13. The summed E-state index contributed by atoms with van der Waals surface area (Å²) >= 11 is 3.38. The highest BCUT2D eigenvalue weighted by Gasteiger charge is 2.16. The third-order valence-electron chi connectivity index (χ3n) is 2.18. The van der Waals surface area contributed by atoms with E-state index >= 15 is 0 Å². The van der Waals surface area contributed by atoms with Gasteiger partial charge in [-0.25, -0.2) is 0 Å². The lowest BCUT2D eigenvalue weighted by Gasteiger charge is -2.29. The van der Waals surface area contributed by atoms with E-state index in [1.807, 2.05) is 18.2 Å². The number of halogens is 1. The zero-order valence-electron chi connectivity index (χ0n) is 7.55. The summed E-state index contributed by atoms with van der Waals surface area (Å²) in [4.78, 5) is 0. The molecule has 14 heavy (non-hydrogen) atoms. The molecule has 1 aromatic carbocycles. The third kappa shape index (κ3) is 2.06. The Morgan fingerprint density at radius 1 is 1.43 bits per heavy atom. The quantitative estimate of drug-likeness (QED) is 0.842. The molecule has 0 aliphatic carbocycles. The van der Waals surface area contributed by atoms with Gasteiger partial charge in [-0.15, -0.1) is 0 Å². The van der Waals surface area contributed by atoms with Crippen LogP contribution in [0.15, 0.2) is 22.7 Å². The lowest BCUT2D eigenvalue weighted by molar-refractivity contribution is 0.472. The van der Waals surface area contributed by atoms with Crippen molar-refractivity contribution in [2.45, 2.75) is 6.04 Å². The Hall–Kier alpha value is -1.05. The van der Waals surface area contributed by atoms with Crippen molar-refractivity contribution >= 4 is 21.6 Å². The first-order valence-corrected chi connectivity index (χ1v) is 5.25. The van der Waals surface area contributed by atoms with Gasteiger partial charge in [0.15, 0.2) is 0 Å². The van der Waals surface area contributed by atoms with Crippen molar-refractivity contribution in [2.75, 3.05) is 18.4 Å². The Morgan fingerprint density at radius 2 is 2.21 bits per heavy atom. The van der Waals surface area contributed by atoms with E-state index in [-0.39, 0.29) is 0 Å². The van der Waals surface area contributed by atoms with Crippen molar-refractivity contribution in [2.24, 2.45) is 0 Å². The summed E-state index contributed by atoms with van der Waals surface area (Å²) in [6, 6.07) is 8.29. The maximum atomic E-state index is 8.78. The first-order chi connectivity index (χ1) is 6.78. The molecular formula is C10H10BrN3. The van der Waals surface area contributed by atoms with Crippen LogP contribution in [-0.4, -0.2) is 19.1 Å². The van der Waals surface area contributed by atoms with Crippen LogP contribution in [0.5, 0.6) is 0 Å². The third-order valence-corrected chi connectivity index (χ3v) is 2.64. The lowest BCUT2D eigenvalue weighted by atomic mass is 10.1. The van der Waals surface area contributed by atoms with Crippen LogP contribution < -0.4 is 10.6 Å². The second kappa shape index (κ2) is 3.99. The van der Waals surface area contributed by atoms with Gasteiger partial charge >= 0.3 is 0 Å². The number of rotatable bonds is 2. The van der Waals surface area contributed by atoms with E-state index in [9.17, 15) is 0 Å². The summed E-state index contributed by atoms with van der Waals surface area (Å²) in [5.41, 5.74) is 1.68. The van der Waals surface area contributed by atoms with Gasteiger partial charge in [0.25, 0.3) is 0 Å². The van der Waals surface area contributed by atoms with Gasteiger partial charge in [0.1, 0.15) is 0 Å². The van der Waals surface area contributed by atoms with E-state index in [1.165, 1.54) is 0 Å². The van der Waals surface area contributed by atoms with Crippen LogP contribution in [0, 0.1) is 11.3 Å². The molecule has 0 saturated carbocycles. The van der Waals surface area contributed by atoms with Gasteiger partial charge in [-0.2, -0.15) is 5.26 Å². The summed E-state index contributed by atoms with van der Waals surface area (Å²) in [6.45, 7) is 1.99. The molecule has 1 aliphatic rings. The molecule has 0 atom stereocenters. The average Bonchev–Trinajstić information content (AvgIpc) is 2.10. The van der Waals surface area contributed by atoms with Crippen LogP contribution in [0.3, 0.4) is 0 Å². The highest BCUT2D eigenvalue weighted by atomic mass is 79.9. The molecule has 0 spiro atoms. The molecule has 1 aromatic rings. The van der Waals surface area contributed by atoms with E-state index in [1.54, 1.807) is 0 Å². The molecule has 1 fully saturated rings. The predicted octanol–water partition coefficient (Wildman–Crippen LogP) is 1.70. The van der Waals surface area contributed by atoms with Crippen LogP contribution >= 0.6 is 15.9 Å². The van der Waals surface area contributed by atoms with Crippen LogP contribution in [0.1, 0.15) is 5.56 Å². The Labute approximate surface area is 91.2 Å². The Balaban J connectivity index is 2.16. The molecule has 1 heterocycles. The van der Waals surface area contributed by atoms with Gasteiger partial charge in [-0.05, 0) is 18.2 Å². The van der Waals surface area contributed by atoms with E-state index in [0.29, 0.717) is 11.6 Å². The molecule has 2 N–H and O–H groups in total. The number of nitrogens with zero attached hydrogens (tertiary/aromatic N) is 1. The Morgan fingerprint density at radius 3 is 2.79 bits per heavy atom. The number of hydrogen-bond acceptors (Lipinski definition) is 3. The maximum Gasteiger partial charge on any atom is 0.0992 e. The molecule has 2 rings (SSSR count). The second-order valence-corrected chi connectivity index (χ2v) is 4.26. The van der Waals surface area contributed by atoms with Crippen molar-refractivity contribution in [3.05, 3.63) is 28.2 Å². The van der Waals surface area contributed by atoms with E-state index in [0.717, 1.165) is 23.2 Å². The Kier molecular flexibility index (Phi) is 2.71. The molecule has 72 valence electrons. The minimum absolute atomic E-state index is 0.496. The van der Waals surface area contributed by atoms with Crippen molar-refractivity contribution < 1.29 is 0 Å². The summed E-state index contributed by atoms with van der Waals surface area (Å²) in [5, 5.41) is 15.3. The fourth-order valence-corrected chi connectivity index (χ4v) is 1.86. The number of nitrogens with one attached hydrogen (secondary N) is 2. The molecule has 0 aromatic heterocycles. The van der Waals surface area contributed by atoms with Crippen LogP contribution in [0.25, 0.3) is 0 Å². The molecule has 1 saturated heterocycles. The smallest absolute Gasteiger partial charge is 0.0992 e. The van der Waals surface area contributed by atoms with Crippen molar-refractivity contribution in [3.63, 3.8) is 0 Å². The number of hydrogen-bond donors (Lipinski definition) is 2.